The van der Waals surface area contributed by atoms with Gasteiger partial charge in [-0.1, -0.05) is 64.8 Å². The molecule has 0 amide bonds. The summed E-state index contributed by atoms with van der Waals surface area (Å²) in [6, 6.07) is 9.79. The summed E-state index contributed by atoms with van der Waals surface area (Å²) < 4.78 is 0. The highest BCUT2D eigenvalue weighted by molar-refractivity contribution is 5.25. The van der Waals surface area contributed by atoms with Crippen LogP contribution in [0.15, 0.2) is 24.3 Å². The molecule has 0 radical (unpaired) electrons. The van der Waals surface area contributed by atoms with Crippen molar-refractivity contribution in [3.63, 3.8) is 0 Å². The molecular formula is C17H29N. The van der Waals surface area contributed by atoms with E-state index < -0.39 is 0 Å². The Kier molecular flexibility index (Phi) is 7.04. The third kappa shape index (κ3) is 5.22. The van der Waals surface area contributed by atoms with Crippen LogP contribution in [0.2, 0.25) is 0 Å². The molecule has 1 aromatic carbocycles. The lowest BCUT2D eigenvalue weighted by molar-refractivity contribution is 0.473. The predicted molar refractivity (Wildman–Crippen MR) is 81.2 cm³/mol. The zero-order valence-corrected chi connectivity index (χ0v) is 12.5. The summed E-state index contributed by atoms with van der Waals surface area (Å²) in [6.45, 7) is 10.0. The van der Waals surface area contributed by atoms with Crippen molar-refractivity contribution >= 4 is 0 Å². The Morgan fingerprint density at radius 3 is 2.22 bits per heavy atom. The van der Waals surface area contributed by atoms with Crippen LogP contribution >= 0.6 is 0 Å². The summed E-state index contributed by atoms with van der Waals surface area (Å²) in [4.78, 5) is 0. The van der Waals surface area contributed by atoms with Gasteiger partial charge in [0, 0.05) is 6.04 Å². The summed E-state index contributed by atoms with van der Waals surface area (Å²) >= 11 is 0. The number of rotatable bonds is 8. The van der Waals surface area contributed by atoms with E-state index in [1.807, 2.05) is 0 Å². The molecule has 0 aliphatic carbocycles. The maximum absolute atomic E-state index is 3.60. The lowest BCUT2D eigenvalue weighted by atomic mass is 9.97. The molecule has 1 nitrogen and oxygen atoms in total. The van der Waals surface area contributed by atoms with Crippen molar-refractivity contribution in [1.29, 1.82) is 0 Å². The minimum Gasteiger partial charge on any atom is -0.314 e. The molecule has 0 fully saturated rings. The van der Waals surface area contributed by atoms with Crippen molar-refractivity contribution < 1.29 is 0 Å². The van der Waals surface area contributed by atoms with Gasteiger partial charge in [-0.2, -0.15) is 0 Å². The largest absolute Gasteiger partial charge is 0.314 e. The van der Waals surface area contributed by atoms with Crippen LogP contribution in [-0.4, -0.2) is 12.6 Å². The van der Waals surface area contributed by atoms with Gasteiger partial charge >= 0.3 is 0 Å². The monoisotopic (exact) mass is 247 g/mol. The Bertz CT molecular complexity index is 313. The molecule has 102 valence electrons. The van der Waals surface area contributed by atoms with E-state index in [-0.39, 0.29) is 0 Å². The van der Waals surface area contributed by atoms with Gasteiger partial charge in [-0.05, 0) is 36.4 Å². The van der Waals surface area contributed by atoms with Gasteiger partial charge in [0.25, 0.3) is 0 Å². The molecule has 1 heteroatoms. The van der Waals surface area contributed by atoms with Crippen LogP contribution in [0.25, 0.3) is 0 Å². The first-order chi connectivity index (χ1) is 8.67. The summed E-state index contributed by atoms with van der Waals surface area (Å²) in [7, 11) is 0. The van der Waals surface area contributed by atoms with Crippen LogP contribution in [0.5, 0.6) is 0 Å². The number of hydrogen-bond acceptors (Lipinski definition) is 1. The van der Waals surface area contributed by atoms with Gasteiger partial charge in [-0.25, -0.2) is 0 Å². The Hall–Kier alpha value is -0.820. The molecule has 18 heavy (non-hydrogen) atoms. The second kappa shape index (κ2) is 8.31. The van der Waals surface area contributed by atoms with E-state index in [0.717, 1.165) is 13.0 Å². The van der Waals surface area contributed by atoms with Crippen molar-refractivity contribution in [3.05, 3.63) is 35.4 Å². The standard InChI is InChI=1S/C17H29N/c1-5-7-8-17(18-6-2)13-15-9-11-16(12-10-15)14(3)4/h9-12,14,17-18H,5-8,13H2,1-4H3. The third-order valence-electron chi connectivity index (χ3n) is 3.53. The zero-order valence-electron chi connectivity index (χ0n) is 12.5. The molecule has 0 aliphatic rings. The molecule has 0 aromatic heterocycles. The summed E-state index contributed by atoms with van der Waals surface area (Å²) in [5, 5.41) is 3.60. The van der Waals surface area contributed by atoms with Gasteiger partial charge in [0.15, 0.2) is 0 Å². The van der Waals surface area contributed by atoms with Crippen LogP contribution in [0.4, 0.5) is 0 Å². The van der Waals surface area contributed by atoms with Gasteiger partial charge in [0.05, 0.1) is 0 Å². The highest BCUT2D eigenvalue weighted by Gasteiger charge is 2.08. The van der Waals surface area contributed by atoms with Crippen molar-refractivity contribution in [2.45, 2.75) is 65.3 Å². The normalized spacial score (nSPS) is 12.9. The average Bonchev–Trinajstić information content (AvgIpc) is 2.37. The molecular weight excluding hydrogens is 218 g/mol. The first-order valence-electron chi connectivity index (χ1n) is 7.49. The Balaban J connectivity index is 2.56. The number of benzene rings is 1. The minimum atomic E-state index is 0.628. The maximum Gasteiger partial charge on any atom is 0.0107 e. The first kappa shape index (κ1) is 15.2. The first-order valence-corrected chi connectivity index (χ1v) is 7.49. The fourth-order valence-electron chi connectivity index (χ4n) is 2.34. The van der Waals surface area contributed by atoms with Gasteiger partial charge in [-0.15, -0.1) is 0 Å². The number of unbranched alkanes of at least 4 members (excludes halogenated alkanes) is 1. The van der Waals surface area contributed by atoms with E-state index in [2.05, 4.69) is 57.3 Å². The molecule has 0 spiro atoms. The minimum absolute atomic E-state index is 0.628. The highest BCUT2D eigenvalue weighted by Crippen LogP contribution is 2.16. The molecule has 0 heterocycles. The highest BCUT2D eigenvalue weighted by atomic mass is 14.9. The van der Waals surface area contributed by atoms with E-state index in [1.54, 1.807) is 0 Å². The summed E-state index contributed by atoms with van der Waals surface area (Å²) in [5.41, 5.74) is 2.90. The van der Waals surface area contributed by atoms with E-state index >= 15 is 0 Å². The number of likely N-dealkylation sites (N-methyl/N-ethyl adjacent to an activating group) is 1. The zero-order chi connectivity index (χ0) is 13.4. The van der Waals surface area contributed by atoms with Crippen molar-refractivity contribution in [1.82, 2.24) is 5.32 Å². The molecule has 0 aliphatic heterocycles. The summed E-state index contributed by atoms with van der Waals surface area (Å²) in [6.07, 6.45) is 5.05. The van der Waals surface area contributed by atoms with E-state index in [9.17, 15) is 0 Å². The topological polar surface area (TPSA) is 12.0 Å². The van der Waals surface area contributed by atoms with Gasteiger partial charge in [0.2, 0.25) is 0 Å². The molecule has 1 aromatic rings. The van der Waals surface area contributed by atoms with Crippen LogP contribution in [0.3, 0.4) is 0 Å². The van der Waals surface area contributed by atoms with Crippen molar-refractivity contribution in [3.8, 4) is 0 Å². The van der Waals surface area contributed by atoms with Gasteiger partial charge in [-0.3, -0.25) is 0 Å². The van der Waals surface area contributed by atoms with Crippen LogP contribution in [0.1, 0.15) is 64.0 Å². The van der Waals surface area contributed by atoms with E-state index in [4.69, 9.17) is 0 Å². The fourth-order valence-corrected chi connectivity index (χ4v) is 2.34. The smallest absolute Gasteiger partial charge is 0.0107 e. The Morgan fingerprint density at radius 1 is 1.06 bits per heavy atom. The Labute approximate surface area is 113 Å². The number of nitrogens with one attached hydrogen (secondary N) is 1. The van der Waals surface area contributed by atoms with Gasteiger partial charge < -0.3 is 5.32 Å². The molecule has 1 unspecified atom stereocenters. The predicted octanol–water partition coefficient (Wildman–Crippen LogP) is 4.52. The van der Waals surface area contributed by atoms with E-state index in [0.29, 0.717) is 12.0 Å². The average molecular weight is 247 g/mol. The molecule has 1 N–H and O–H groups in total. The quantitative estimate of drug-likeness (QED) is 0.712. The third-order valence-corrected chi connectivity index (χ3v) is 3.53. The lowest BCUT2D eigenvalue weighted by Crippen LogP contribution is -2.30. The maximum atomic E-state index is 3.60. The fraction of sp³-hybridized carbons (Fsp3) is 0.647. The van der Waals surface area contributed by atoms with E-state index in [1.165, 1.54) is 30.4 Å². The van der Waals surface area contributed by atoms with Crippen molar-refractivity contribution in [2.24, 2.45) is 0 Å². The van der Waals surface area contributed by atoms with Crippen LogP contribution in [0, 0.1) is 0 Å². The molecule has 0 saturated carbocycles. The molecule has 0 saturated heterocycles. The number of hydrogen-bond donors (Lipinski definition) is 1. The lowest BCUT2D eigenvalue weighted by Gasteiger charge is -2.18. The summed E-state index contributed by atoms with van der Waals surface area (Å²) in [5.74, 6) is 0.628. The van der Waals surface area contributed by atoms with Crippen LogP contribution < -0.4 is 5.32 Å². The molecule has 1 rings (SSSR count). The SMILES string of the molecule is CCCCC(Cc1ccc(C(C)C)cc1)NCC. The molecule has 0 bridgehead atoms. The van der Waals surface area contributed by atoms with Crippen molar-refractivity contribution in [2.75, 3.05) is 6.54 Å². The van der Waals surface area contributed by atoms with Crippen LogP contribution in [-0.2, 0) is 6.42 Å². The molecule has 1 atom stereocenters. The second-order valence-electron chi connectivity index (χ2n) is 5.50. The Morgan fingerprint density at radius 2 is 1.72 bits per heavy atom. The van der Waals surface area contributed by atoms with Gasteiger partial charge in [0.1, 0.15) is 0 Å². The second-order valence-corrected chi connectivity index (χ2v) is 5.50.